The first-order valence-corrected chi connectivity index (χ1v) is 8.83. The van der Waals surface area contributed by atoms with Crippen molar-refractivity contribution >= 4 is 39.9 Å². The zero-order valence-corrected chi connectivity index (χ0v) is 16.2. The molecule has 0 aromatic heterocycles. The molecule has 2 aromatic carbocycles. The number of rotatable bonds is 6. The van der Waals surface area contributed by atoms with Crippen molar-refractivity contribution in [1.29, 1.82) is 0 Å². The normalized spacial score (nSPS) is 14.6. The van der Waals surface area contributed by atoms with Gasteiger partial charge >= 0.3 is 12.0 Å². The van der Waals surface area contributed by atoms with Crippen molar-refractivity contribution in [3.63, 3.8) is 0 Å². The number of carbonyl (C=O) groups excluding carboxylic acids is 2. The van der Waals surface area contributed by atoms with Crippen LogP contribution in [0.15, 0.2) is 46.6 Å². The van der Waals surface area contributed by atoms with E-state index in [2.05, 4.69) is 26.6 Å². The van der Waals surface area contributed by atoms with E-state index >= 15 is 0 Å². The first kappa shape index (κ1) is 19.4. The molecule has 1 aliphatic rings. The van der Waals surface area contributed by atoms with Gasteiger partial charge in [-0.25, -0.2) is 9.59 Å². The third-order valence-electron chi connectivity index (χ3n) is 3.84. The number of carboxylic acids is 1. The van der Waals surface area contributed by atoms with Crippen molar-refractivity contribution in [3.8, 4) is 11.5 Å². The summed E-state index contributed by atoms with van der Waals surface area (Å²) in [5.41, 5.74) is 1.59. The summed E-state index contributed by atoms with van der Waals surface area (Å²) in [7, 11) is 1.47. The van der Waals surface area contributed by atoms with E-state index < -0.39 is 17.9 Å². The van der Waals surface area contributed by atoms with Crippen molar-refractivity contribution in [3.05, 3.63) is 63.3 Å². The van der Waals surface area contributed by atoms with E-state index in [0.717, 1.165) is 0 Å². The number of benzene rings is 2. The number of nitrogens with one attached hydrogen (secondary N) is 2. The average Bonchev–Trinajstić information content (AvgIpc) is 2.97. The highest BCUT2D eigenvalue weighted by molar-refractivity contribution is 9.10. The van der Waals surface area contributed by atoms with E-state index in [4.69, 9.17) is 14.6 Å². The number of imide groups is 1. The lowest BCUT2D eigenvalue weighted by Crippen LogP contribution is -2.22. The molecule has 1 aliphatic heterocycles. The second-order valence-corrected chi connectivity index (χ2v) is 6.65. The van der Waals surface area contributed by atoms with Crippen LogP contribution in [0.5, 0.6) is 11.5 Å². The molecule has 2 aromatic rings. The number of ether oxygens (including phenoxy) is 2. The van der Waals surface area contributed by atoms with Gasteiger partial charge in [0, 0.05) is 0 Å². The number of urea groups is 1. The summed E-state index contributed by atoms with van der Waals surface area (Å²) in [6.45, 7) is 0.134. The molecule has 3 N–H and O–H groups in total. The lowest BCUT2D eigenvalue weighted by Gasteiger charge is -2.14. The summed E-state index contributed by atoms with van der Waals surface area (Å²) in [5, 5.41) is 13.6. The highest BCUT2D eigenvalue weighted by atomic mass is 79.9. The van der Waals surface area contributed by atoms with Gasteiger partial charge in [-0.3, -0.25) is 10.1 Å². The third kappa shape index (κ3) is 4.32. The first-order chi connectivity index (χ1) is 13.4. The van der Waals surface area contributed by atoms with Crippen LogP contribution in [0.1, 0.15) is 21.5 Å². The van der Waals surface area contributed by atoms with Gasteiger partial charge in [0.15, 0.2) is 11.5 Å². The highest BCUT2D eigenvalue weighted by Crippen LogP contribution is 2.37. The molecule has 0 spiro atoms. The maximum atomic E-state index is 11.7. The molecule has 3 rings (SSSR count). The predicted molar refractivity (Wildman–Crippen MR) is 103 cm³/mol. The van der Waals surface area contributed by atoms with Gasteiger partial charge in [0.2, 0.25) is 0 Å². The molecule has 0 atom stereocenters. The minimum absolute atomic E-state index is 0.123. The molecule has 1 saturated heterocycles. The second kappa shape index (κ2) is 8.13. The molecule has 0 saturated carbocycles. The number of aromatic carboxylic acids is 1. The predicted octanol–water partition coefficient (Wildman–Crippen LogP) is 2.92. The molecule has 144 valence electrons. The fraction of sp³-hybridized carbons (Fsp3) is 0.105. The van der Waals surface area contributed by atoms with Gasteiger partial charge in [-0.05, 0) is 57.4 Å². The Bertz CT molecular complexity index is 1000. The Morgan fingerprint density at radius 3 is 2.64 bits per heavy atom. The average molecular weight is 447 g/mol. The summed E-state index contributed by atoms with van der Waals surface area (Å²) in [5.74, 6) is -0.703. The summed E-state index contributed by atoms with van der Waals surface area (Å²) in [4.78, 5) is 33.9. The van der Waals surface area contributed by atoms with Gasteiger partial charge in [0.25, 0.3) is 5.91 Å². The second-order valence-electron chi connectivity index (χ2n) is 5.79. The van der Waals surface area contributed by atoms with Crippen LogP contribution in [-0.4, -0.2) is 30.1 Å². The third-order valence-corrected chi connectivity index (χ3v) is 4.43. The summed E-state index contributed by atoms with van der Waals surface area (Å²) >= 11 is 3.41. The number of hydrogen-bond donors (Lipinski definition) is 3. The SMILES string of the molecule is COc1cc(C=C2NC(=O)NC2=O)cc(Br)c1OCc1cccc(C(=O)O)c1. The van der Waals surface area contributed by atoms with Crippen molar-refractivity contribution in [1.82, 2.24) is 10.6 Å². The van der Waals surface area contributed by atoms with Crippen LogP contribution in [0.25, 0.3) is 6.08 Å². The molecule has 9 heteroatoms. The van der Waals surface area contributed by atoms with Gasteiger partial charge < -0.3 is 19.9 Å². The van der Waals surface area contributed by atoms with Gasteiger partial charge in [0.05, 0.1) is 17.1 Å². The number of carboxylic acid groups (broad SMARTS) is 1. The van der Waals surface area contributed by atoms with Gasteiger partial charge in [0.1, 0.15) is 12.3 Å². The van der Waals surface area contributed by atoms with Crippen molar-refractivity contribution < 1.29 is 29.0 Å². The Labute approximate surface area is 168 Å². The van der Waals surface area contributed by atoms with Crippen LogP contribution in [-0.2, 0) is 11.4 Å². The minimum Gasteiger partial charge on any atom is -0.493 e. The molecule has 3 amide bonds. The molecule has 0 unspecified atom stereocenters. The summed E-state index contributed by atoms with van der Waals surface area (Å²) in [6.07, 6.45) is 1.51. The van der Waals surface area contributed by atoms with E-state index in [9.17, 15) is 14.4 Å². The molecule has 0 bridgehead atoms. The summed E-state index contributed by atoms with van der Waals surface area (Å²) < 4.78 is 11.7. The van der Waals surface area contributed by atoms with Crippen molar-refractivity contribution in [2.45, 2.75) is 6.61 Å². The quantitative estimate of drug-likeness (QED) is 0.464. The van der Waals surface area contributed by atoms with E-state index in [1.54, 1.807) is 24.3 Å². The van der Waals surface area contributed by atoms with Crippen LogP contribution in [0.4, 0.5) is 4.79 Å². The zero-order chi connectivity index (χ0) is 20.3. The van der Waals surface area contributed by atoms with Gasteiger partial charge in [-0.15, -0.1) is 0 Å². The monoisotopic (exact) mass is 446 g/mol. The molecule has 28 heavy (non-hydrogen) atoms. The number of methoxy groups -OCH3 is 1. The molecule has 8 nitrogen and oxygen atoms in total. The van der Waals surface area contributed by atoms with Gasteiger partial charge in [-0.1, -0.05) is 12.1 Å². The van der Waals surface area contributed by atoms with Crippen molar-refractivity contribution in [2.75, 3.05) is 7.11 Å². The maximum Gasteiger partial charge on any atom is 0.335 e. The van der Waals surface area contributed by atoms with E-state index in [1.165, 1.54) is 25.3 Å². The van der Waals surface area contributed by atoms with Crippen LogP contribution in [0.2, 0.25) is 0 Å². The Balaban J connectivity index is 1.83. The number of amides is 3. The van der Waals surface area contributed by atoms with E-state index in [1.807, 2.05) is 0 Å². The lowest BCUT2D eigenvalue weighted by atomic mass is 10.1. The molecular weight excluding hydrogens is 432 g/mol. The topological polar surface area (TPSA) is 114 Å². The Morgan fingerprint density at radius 2 is 2.00 bits per heavy atom. The van der Waals surface area contributed by atoms with Crippen LogP contribution in [0.3, 0.4) is 0 Å². The molecule has 0 aliphatic carbocycles. The zero-order valence-electron chi connectivity index (χ0n) is 14.6. The lowest BCUT2D eigenvalue weighted by molar-refractivity contribution is -0.115. The number of halogens is 1. The molecule has 0 radical (unpaired) electrons. The van der Waals surface area contributed by atoms with Gasteiger partial charge in [-0.2, -0.15) is 0 Å². The van der Waals surface area contributed by atoms with Crippen LogP contribution in [0, 0.1) is 0 Å². The minimum atomic E-state index is -1.01. The van der Waals surface area contributed by atoms with E-state index in [0.29, 0.717) is 27.1 Å². The van der Waals surface area contributed by atoms with Crippen molar-refractivity contribution in [2.24, 2.45) is 0 Å². The molecule has 1 heterocycles. The largest absolute Gasteiger partial charge is 0.493 e. The molecule has 1 fully saturated rings. The Kier molecular flexibility index (Phi) is 5.65. The Hall–Kier alpha value is -3.33. The smallest absolute Gasteiger partial charge is 0.335 e. The van der Waals surface area contributed by atoms with Crippen LogP contribution < -0.4 is 20.1 Å². The van der Waals surface area contributed by atoms with E-state index in [-0.39, 0.29) is 17.9 Å². The first-order valence-electron chi connectivity index (χ1n) is 8.04. The summed E-state index contributed by atoms with van der Waals surface area (Å²) in [6, 6.07) is 9.21. The fourth-order valence-corrected chi connectivity index (χ4v) is 3.14. The highest BCUT2D eigenvalue weighted by Gasteiger charge is 2.23. The molecular formula is C19H15BrN2O6. The fourth-order valence-electron chi connectivity index (χ4n) is 2.56. The number of hydrogen-bond acceptors (Lipinski definition) is 5. The Morgan fingerprint density at radius 1 is 1.21 bits per heavy atom. The maximum absolute atomic E-state index is 11.7. The number of carbonyl (C=O) groups is 3. The standard InChI is InChI=1S/C19H15BrN2O6/c1-27-15-8-11(7-14-17(23)22-19(26)21-14)6-13(20)16(15)28-9-10-3-2-4-12(5-10)18(24)25/h2-8H,9H2,1H3,(H,24,25)(H2,21,22,23,26). The van der Waals surface area contributed by atoms with Crippen LogP contribution >= 0.6 is 15.9 Å².